The highest BCUT2D eigenvalue weighted by Gasteiger charge is 2.19. The van der Waals surface area contributed by atoms with Gasteiger partial charge < -0.3 is 10.5 Å². The van der Waals surface area contributed by atoms with Crippen molar-refractivity contribution in [1.29, 1.82) is 0 Å². The zero-order chi connectivity index (χ0) is 8.97. The molecule has 1 aliphatic rings. The molecular formula is C8H10N2O2. The van der Waals surface area contributed by atoms with Gasteiger partial charge in [-0.1, -0.05) is 12.2 Å². The minimum atomic E-state index is -0.551. The summed E-state index contributed by atoms with van der Waals surface area (Å²) in [5.74, 6) is -0.687. The summed E-state index contributed by atoms with van der Waals surface area (Å²) in [4.78, 5) is 14.8. The van der Waals surface area contributed by atoms with Gasteiger partial charge in [0.25, 0.3) is 0 Å². The summed E-state index contributed by atoms with van der Waals surface area (Å²) in [6.07, 6.45) is 6.62. The third-order valence-electron chi connectivity index (χ3n) is 1.48. The second-order valence-electron chi connectivity index (χ2n) is 2.28. The van der Waals surface area contributed by atoms with Crippen molar-refractivity contribution >= 4 is 11.8 Å². The van der Waals surface area contributed by atoms with Gasteiger partial charge in [-0.05, 0) is 6.08 Å². The lowest BCUT2D eigenvalue weighted by atomic mass is 10.1. The normalized spacial score (nSPS) is 21.4. The lowest BCUT2D eigenvalue weighted by Crippen LogP contribution is -2.29. The van der Waals surface area contributed by atoms with Crippen LogP contribution in [-0.4, -0.2) is 18.9 Å². The first-order chi connectivity index (χ1) is 5.75. The number of rotatable bonds is 1. The number of aliphatic imine (C=N–C) groups is 1. The molecule has 12 heavy (non-hydrogen) atoms. The SMILES string of the molecule is COC1=NC=CC=CC1C(N)=O. The first-order valence-corrected chi connectivity index (χ1v) is 3.50. The summed E-state index contributed by atoms with van der Waals surface area (Å²) in [6, 6.07) is 0. The van der Waals surface area contributed by atoms with Crippen molar-refractivity contribution < 1.29 is 9.53 Å². The Labute approximate surface area is 70.4 Å². The number of nitrogens with zero attached hydrogens (tertiary/aromatic N) is 1. The van der Waals surface area contributed by atoms with E-state index in [1.807, 2.05) is 0 Å². The average Bonchev–Trinajstić information content (AvgIpc) is 2.27. The Bertz CT molecular complexity index is 266. The Morgan fingerprint density at radius 3 is 3.00 bits per heavy atom. The lowest BCUT2D eigenvalue weighted by Gasteiger charge is -2.08. The molecule has 0 radical (unpaired) electrons. The predicted molar refractivity (Wildman–Crippen MR) is 45.4 cm³/mol. The molecule has 4 heteroatoms. The van der Waals surface area contributed by atoms with Crippen molar-refractivity contribution in [2.45, 2.75) is 0 Å². The number of carbonyl (C=O) groups excluding carboxylic acids is 1. The fourth-order valence-electron chi connectivity index (χ4n) is 0.900. The molecule has 1 rings (SSSR count). The second-order valence-corrected chi connectivity index (χ2v) is 2.28. The quantitative estimate of drug-likeness (QED) is 0.605. The molecule has 64 valence electrons. The van der Waals surface area contributed by atoms with Crippen molar-refractivity contribution in [3.05, 3.63) is 24.4 Å². The minimum Gasteiger partial charge on any atom is -0.483 e. The van der Waals surface area contributed by atoms with E-state index in [0.29, 0.717) is 5.90 Å². The Morgan fingerprint density at radius 1 is 1.67 bits per heavy atom. The van der Waals surface area contributed by atoms with E-state index >= 15 is 0 Å². The monoisotopic (exact) mass is 166 g/mol. The lowest BCUT2D eigenvalue weighted by molar-refractivity contribution is -0.119. The van der Waals surface area contributed by atoms with Crippen LogP contribution >= 0.6 is 0 Å². The van der Waals surface area contributed by atoms with E-state index in [1.165, 1.54) is 7.11 Å². The molecule has 0 fully saturated rings. The average molecular weight is 166 g/mol. The molecule has 1 unspecified atom stereocenters. The van der Waals surface area contributed by atoms with Crippen LogP contribution in [0, 0.1) is 5.92 Å². The molecule has 0 spiro atoms. The van der Waals surface area contributed by atoms with Crippen molar-refractivity contribution in [2.75, 3.05) is 7.11 Å². The van der Waals surface area contributed by atoms with Crippen LogP contribution in [0.25, 0.3) is 0 Å². The van der Waals surface area contributed by atoms with E-state index in [-0.39, 0.29) is 0 Å². The molecule has 2 N–H and O–H groups in total. The van der Waals surface area contributed by atoms with E-state index in [9.17, 15) is 4.79 Å². The van der Waals surface area contributed by atoms with Crippen LogP contribution < -0.4 is 5.73 Å². The van der Waals surface area contributed by atoms with Crippen LogP contribution in [0.2, 0.25) is 0 Å². The van der Waals surface area contributed by atoms with Crippen LogP contribution in [0.3, 0.4) is 0 Å². The van der Waals surface area contributed by atoms with Gasteiger partial charge in [0, 0.05) is 6.20 Å². The van der Waals surface area contributed by atoms with Gasteiger partial charge in [0.05, 0.1) is 7.11 Å². The molecule has 0 saturated heterocycles. The van der Waals surface area contributed by atoms with Crippen LogP contribution in [0.15, 0.2) is 29.4 Å². The smallest absolute Gasteiger partial charge is 0.233 e. The first-order valence-electron chi connectivity index (χ1n) is 3.50. The van der Waals surface area contributed by atoms with E-state index in [0.717, 1.165) is 0 Å². The van der Waals surface area contributed by atoms with Gasteiger partial charge in [-0.2, -0.15) is 0 Å². The molecular weight excluding hydrogens is 156 g/mol. The van der Waals surface area contributed by atoms with Gasteiger partial charge in [0.2, 0.25) is 11.8 Å². The Hall–Kier alpha value is -1.58. The Balaban J connectivity index is 2.90. The number of hydrogen-bond acceptors (Lipinski definition) is 3. The van der Waals surface area contributed by atoms with Gasteiger partial charge in [0.15, 0.2) is 0 Å². The first kappa shape index (κ1) is 8.52. The molecule has 1 atom stereocenters. The van der Waals surface area contributed by atoms with Crippen molar-refractivity contribution in [2.24, 2.45) is 16.6 Å². The van der Waals surface area contributed by atoms with E-state index < -0.39 is 11.8 Å². The van der Waals surface area contributed by atoms with Crippen LogP contribution in [0.1, 0.15) is 0 Å². The summed E-state index contributed by atoms with van der Waals surface area (Å²) >= 11 is 0. The third-order valence-corrected chi connectivity index (χ3v) is 1.48. The molecule has 1 amide bonds. The molecule has 0 aromatic heterocycles. The molecule has 1 heterocycles. The van der Waals surface area contributed by atoms with E-state index in [2.05, 4.69) is 4.99 Å². The largest absolute Gasteiger partial charge is 0.483 e. The maximum absolute atomic E-state index is 10.9. The van der Waals surface area contributed by atoms with Gasteiger partial charge in [-0.25, -0.2) is 4.99 Å². The van der Waals surface area contributed by atoms with Crippen molar-refractivity contribution in [1.82, 2.24) is 0 Å². The summed E-state index contributed by atoms with van der Waals surface area (Å²) < 4.78 is 4.89. The fourth-order valence-corrected chi connectivity index (χ4v) is 0.900. The molecule has 1 aliphatic heterocycles. The van der Waals surface area contributed by atoms with Crippen molar-refractivity contribution in [3.8, 4) is 0 Å². The zero-order valence-corrected chi connectivity index (χ0v) is 6.73. The molecule has 0 bridgehead atoms. The number of hydrogen-bond donors (Lipinski definition) is 1. The van der Waals surface area contributed by atoms with E-state index in [1.54, 1.807) is 24.4 Å². The number of amides is 1. The maximum Gasteiger partial charge on any atom is 0.233 e. The predicted octanol–water partition coefficient (Wildman–Crippen LogP) is 0.216. The number of carbonyl (C=O) groups is 1. The summed E-state index contributed by atoms with van der Waals surface area (Å²) in [6.45, 7) is 0. The van der Waals surface area contributed by atoms with Gasteiger partial charge in [-0.3, -0.25) is 4.79 Å². The third kappa shape index (κ3) is 1.72. The second kappa shape index (κ2) is 3.71. The van der Waals surface area contributed by atoms with E-state index in [4.69, 9.17) is 10.5 Å². The van der Waals surface area contributed by atoms with Crippen LogP contribution in [0.4, 0.5) is 0 Å². The number of allylic oxidation sites excluding steroid dienone is 2. The number of methoxy groups -OCH3 is 1. The number of nitrogens with two attached hydrogens (primary N) is 1. The fraction of sp³-hybridized carbons (Fsp3) is 0.250. The topological polar surface area (TPSA) is 64.7 Å². The molecule has 0 aliphatic carbocycles. The Morgan fingerprint density at radius 2 is 2.42 bits per heavy atom. The van der Waals surface area contributed by atoms with Crippen molar-refractivity contribution in [3.63, 3.8) is 0 Å². The van der Waals surface area contributed by atoms with Gasteiger partial charge in [-0.15, -0.1) is 0 Å². The summed E-state index contributed by atoms with van der Waals surface area (Å²) in [7, 11) is 1.46. The zero-order valence-electron chi connectivity index (χ0n) is 6.73. The van der Waals surface area contributed by atoms with Crippen LogP contribution in [-0.2, 0) is 9.53 Å². The Kier molecular flexibility index (Phi) is 2.63. The molecule has 0 saturated carbocycles. The van der Waals surface area contributed by atoms with Crippen LogP contribution in [0.5, 0.6) is 0 Å². The molecule has 4 nitrogen and oxygen atoms in total. The highest BCUT2D eigenvalue weighted by molar-refractivity contribution is 6.01. The highest BCUT2D eigenvalue weighted by atomic mass is 16.5. The van der Waals surface area contributed by atoms with Gasteiger partial charge >= 0.3 is 0 Å². The summed E-state index contributed by atoms with van der Waals surface area (Å²) in [5, 5.41) is 0. The molecule has 0 aromatic carbocycles. The van der Waals surface area contributed by atoms with Gasteiger partial charge in [0.1, 0.15) is 5.92 Å². The number of ether oxygens (including phenoxy) is 1. The maximum atomic E-state index is 10.9. The summed E-state index contributed by atoms with van der Waals surface area (Å²) in [5.41, 5.74) is 5.12. The standard InChI is InChI=1S/C8H10N2O2/c1-12-8-6(7(9)11)4-2-3-5-10-8/h2-6H,1H3,(H2,9,11). The molecule has 0 aromatic rings. The number of primary amides is 1. The highest BCUT2D eigenvalue weighted by Crippen LogP contribution is 2.06. The minimum absolute atomic E-state index is 0.326.